The monoisotopic (exact) mass is 520 g/mol. The van der Waals surface area contributed by atoms with E-state index in [9.17, 15) is 0 Å². The summed E-state index contributed by atoms with van der Waals surface area (Å²) >= 11 is 0. The van der Waals surface area contributed by atoms with Gasteiger partial charge in [-0.2, -0.15) is 0 Å². The SMILES string of the molecule is CCOCCOC(c1cccc2cccnc12)n1c(NC2CCN(CCN)CC2)nc2c(C)cccc21.O. The molecular weight excluding hydrogens is 480 g/mol. The number of rotatable bonds is 11. The molecule has 5 N–H and O–H groups in total. The van der Waals surface area contributed by atoms with Gasteiger partial charge in [-0.15, -0.1) is 0 Å². The number of fused-ring (bicyclic) bond motifs is 2. The van der Waals surface area contributed by atoms with E-state index in [0.717, 1.165) is 71.5 Å². The van der Waals surface area contributed by atoms with Crippen molar-refractivity contribution in [2.45, 2.75) is 39.0 Å². The third-order valence-corrected chi connectivity index (χ3v) is 7.16. The summed E-state index contributed by atoms with van der Waals surface area (Å²) in [5.74, 6) is 0.830. The molecule has 0 bridgehead atoms. The van der Waals surface area contributed by atoms with E-state index in [4.69, 9.17) is 25.2 Å². The fraction of sp³-hybridized carbons (Fsp3) is 0.448. The van der Waals surface area contributed by atoms with Crippen LogP contribution in [-0.2, 0) is 9.47 Å². The second-order valence-corrected chi connectivity index (χ2v) is 9.64. The Labute approximate surface area is 224 Å². The first-order valence-corrected chi connectivity index (χ1v) is 13.4. The van der Waals surface area contributed by atoms with Gasteiger partial charge in [0.15, 0.2) is 6.23 Å². The minimum absolute atomic E-state index is 0. The van der Waals surface area contributed by atoms with Gasteiger partial charge in [0.05, 0.1) is 29.8 Å². The minimum Gasteiger partial charge on any atom is -0.412 e. The second-order valence-electron chi connectivity index (χ2n) is 9.64. The number of likely N-dealkylation sites (tertiary alicyclic amines) is 1. The summed E-state index contributed by atoms with van der Waals surface area (Å²) in [6.45, 7) is 9.49. The van der Waals surface area contributed by atoms with Crippen LogP contribution in [0.25, 0.3) is 21.9 Å². The van der Waals surface area contributed by atoms with Crippen molar-refractivity contribution in [1.29, 1.82) is 0 Å². The van der Waals surface area contributed by atoms with Crippen molar-refractivity contribution in [3.8, 4) is 0 Å². The van der Waals surface area contributed by atoms with E-state index in [1.165, 1.54) is 0 Å². The largest absolute Gasteiger partial charge is 0.412 e. The first-order chi connectivity index (χ1) is 18.2. The van der Waals surface area contributed by atoms with Gasteiger partial charge in [0.2, 0.25) is 5.95 Å². The number of nitrogens with one attached hydrogen (secondary N) is 1. The highest BCUT2D eigenvalue weighted by Crippen LogP contribution is 2.34. The van der Waals surface area contributed by atoms with Crippen LogP contribution in [0.15, 0.2) is 54.7 Å². The molecule has 0 spiro atoms. The Morgan fingerprint density at radius 3 is 2.63 bits per heavy atom. The van der Waals surface area contributed by atoms with E-state index >= 15 is 0 Å². The number of aromatic nitrogens is 3. The number of ether oxygens (including phenoxy) is 2. The van der Waals surface area contributed by atoms with Crippen LogP contribution in [-0.4, -0.2) is 77.0 Å². The van der Waals surface area contributed by atoms with Crippen molar-refractivity contribution in [1.82, 2.24) is 19.4 Å². The summed E-state index contributed by atoms with van der Waals surface area (Å²) in [6, 6.07) is 17.0. The van der Waals surface area contributed by atoms with Gasteiger partial charge in [0.25, 0.3) is 0 Å². The van der Waals surface area contributed by atoms with Crippen LogP contribution < -0.4 is 11.1 Å². The molecule has 1 aliphatic rings. The summed E-state index contributed by atoms with van der Waals surface area (Å²) < 4.78 is 14.4. The van der Waals surface area contributed by atoms with Crippen LogP contribution in [0.3, 0.4) is 0 Å². The third kappa shape index (κ3) is 5.98. The smallest absolute Gasteiger partial charge is 0.206 e. The van der Waals surface area contributed by atoms with E-state index in [1.54, 1.807) is 0 Å². The lowest BCUT2D eigenvalue weighted by Gasteiger charge is -2.33. The predicted molar refractivity (Wildman–Crippen MR) is 153 cm³/mol. The Hall–Kier alpha value is -3.08. The lowest BCUT2D eigenvalue weighted by molar-refractivity contribution is -0.00389. The maximum Gasteiger partial charge on any atom is 0.206 e. The summed E-state index contributed by atoms with van der Waals surface area (Å²) in [5.41, 5.74) is 10.9. The zero-order valence-electron chi connectivity index (χ0n) is 22.4. The quantitative estimate of drug-likeness (QED) is 0.290. The Kier molecular flexibility index (Phi) is 9.65. The number of anilines is 1. The zero-order chi connectivity index (χ0) is 25.6. The van der Waals surface area contributed by atoms with Crippen LogP contribution >= 0.6 is 0 Å². The van der Waals surface area contributed by atoms with Gasteiger partial charge in [0, 0.05) is 56.0 Å². The molecule has 3 heterocycles. The molecule has 2 aromatic carbocycles. The highest BCUT2D eigenvalue weighted by atomic mass is 16.5. The van der Waals surface area contributed by atoms with Crippen molar-refractivity contribution in [3.63, 3.8) is 0 Å². The van der Waals surface area contributed by atoms with Gasteiger partial charge < -0.3 is 30.9 Å². The topological polar surface area (TPSA) is 122 Å². The number of aryl methyl sites for hydroxylation is 1. The highest BCUT2D eigenvalue weighted by Gasteiger charge is 2.27. The summed E-state index contributed by atoms with van der Waals surface area (Å²) in [7, 11) is 0. The average molecular weight is 521 g/mol. The number of nitrogens with zero attached hydrogens (tertiary/aromatic N) is 4. The molecule has 9 nitrogen and oxygen atoms in total. The first-order valence-electron chi connectivity index (χ1n) is 13.4. The first kappa shape index (κ1) is 27.9. The zero-order valence-corrected chi connectivity index (χ0v) is 22.4. The molecule has 38 heavy (non-hydrogen) atoms. The van der Waals surface area contributed by atoms with Gasteiger partial charge in [-0.1, -0.05) is 36.4 Å². The summed E-state index contributed by atoms with van der Waals surface area (Å²) in [5, 5.41) is 4.88. The standard InChI is InChI=1S/C29H38N6O2.H2O/c1-3-36-19-20-37-28(24-10-5-8-22-9-6-15-31-27(22)24)35-25-11-4-7-21(2)26(25)33-29(35)32-23-12-16-34(17-13-23)18-14-30;/h4-11,15,23,28H,3,12-14,16-20,30H2,1-2H3,(H,32,33);1H2. The Bertz CT molecular complexity index is 1310. The van der Waals surface area contributed by atoms with E-state index in [1.807, 2.05) is 19.2 Å². The second kappa shape index (κ2) is 13.1. The van der Waals surface area contributed by atoms with Crippen LogP contribution in [0.1, 0.15) is 37.1 Å². The van der Waals surface area contributed by atoms with Crippen LogP contribution in [0.2, 0.25) is 0 Å². The lowest BCUT2D eigenvalue weighted by Crippen LogP contribution is -2.41. The van der Waals surface area contributed by atoms with E-state index in [0.29, 0.717) is 32.4 Å². The molecule has 1 fully saturated rings. The maximum atomic E-state index is 6.61. The van der Waals surface area contributed by atoms with Crippen molar-refractivity contribution < 1.29 is 14.9 Å². The molecule has 2 aromatic heterocycles. The number of imidazole rings is 1. The molecule has 5 rings (SSSR count). The van der Waals surface area contributed by atoms with Gasteiger partial charge in [-0.3, -0.25) is 9.55 Å². The Morgan fingerprint density at radius 2 is 1.84 bits per heavy atom. The third-order valence-electron chi connectivity index (χ3n) is 7.16. The fourth-order valence-corrected chi connectivity index (χ4v) is 5.26. The average Bonchev–Trinajstić information content (AvgIpc) is 3.29. The molecule has 1 atom stereocenters. The predicted octanol–water partition coefficient (Wildman–Crippen LogP) is 3.50. The summed E-state index contributed by atoms with van der Waals surface area (Å²) in [6.07, 6.45) is 3.53. The molecule has 0 radical (unpaired) electrons. The van der Waals surface area contributed by atoms with Gasteiger partial charge in [-0.25, -0.2) is 4.98 Å². The minimum atomic E-state index is -0.411. The van der Waals surface area contributed by atoms with Gasteiger partial charge in [0.1, 0.15) is 0 Å². The summed E-state index contributed by atoms with van der Waals surface area (Å²) in [4.78, 5) is 12.3. The van der Waals surface area contributed by atoms with Crippen molar-refractivity contribution >= 4 is 27.9 Å². The molecule has 1 unspecified atom stereocenters. The molecule has 1 saturated heterocycles. The molecular formula is C29H40N6O3. The maximum absolute atomic E-state index is 6.61. The Balaban J connectivity index is 0.00000336. The fourth-order valence-electron chi connectivity index (χ4n) is 5.26. The highest BCUT2D eigenvalue weighted by molar-refractivity contribution is 5.84. The van der Waals surface area contributed by atoms with Crippen LogP contribution in [0.4, 0.5) is 5.95 Å². The molecule has 0 aliphatic carbocycles. The van der Waals surface area contributed by atoms with E-state index in [-0.39, 0.29) is 5.48 Å². The molecule has 204 valence electrons. The number of nitrogens with two attached hydrogens (primary N) is 1. The van der Waals surface area contributed by atoms with Crippen molar-refractivity contribution in [3.05, 3.63) is 65.9 Å². The van der Waals surface area contributed by atoms with E-state index in [2.05, 4.69) is 64.2 Å². The number of piperidine rings is 1. The molecule has 0 amide bonds. The molecule has 9 heteroatoms. The van der Waals surface area contributed by atoms with Gasteiger partial charge >= 0.3 is 0 Å². The van der Waals surface area contributed by atoms with Crippen LogP contribution in [0, 0.1) is 6.92 Å². The van der Waals surface area contributed by atoms with Gasteiger partial charge in [-0.05, 0) is 44.4 Å². The number of para-hydroxylation sites is 2. The number of hydrogen-bond acceptors (Lipinski definition) is 7. The molecule has 4 aromatic rings. The lowest BCUT2D eigenvalue weighted by atomic mass is 10.1. The number of pyridine rings is 1. The van der Waals surface area contributed by atoms with Crippen molar-refractivity contribution in [2.75, 3.05) is 51.3 Å². The molecule has 1 aliphatic heterocycles. The van der Waals surface area contributed by atoms with Crippen molar-refractivity contribution in [2.24, 2.45) is 5.73 Å². The number of benzene rings is 2. The Morgan fingerprint density at radius 1 is 1.05 bits per heavy atom. The molecule has 0 saturated carbocycles. The van der Waals surface area contributed by atoms with E-state index < -0.39 is 6.23 Å². The normalized spacial score (nSPS) is 15.6. The van der Waals surface area contributed by atoms with Crippen LogP contribution in [0.5, 0.6) is 0 Å². The number of hydrogen-bond donors (Lipinski definition) is 2.